The van der Waals surface area contributed by atoms with Crippen molar-refractivity contribution in [3.05, 3.63) is 35.5 Å². The molecule has 1 fully saturated rings. The second kappa shape index (κ2) is 6.07. The first-order valence-corrected chi connectivity index (χ1v) is 8.03. The van der Waals surface area contributed by atoms with Crippen molar-refractivity contribution in [2.45, 2.75) is 26.7 Å². The molecule has 1 aliphatic rings. The number of nitrogens with one attached hydrogen (secondary N) is 1. The minimum Gasteiger partial charge on any atom is -0.481 e. The highest BCUT2D eigenvalue weighted by atomic mass is 16.4. The fourth-order valence-corrected chi connectivity index (χ4v) is 3.46. The van der Waals surface area contributed by atoms with Crippen molar-refractivity contribution in [3.8, 4) is 0 Å². The molecule has 2 heterocycles. The first-order valence-electron chi connectivity index (χ1n) is 8.03. The van der Waals surface area contributed by atoms with Crippen LogP contribution in [0.5, 0.6) is 0 Å². The van der Waals surface area contributed by atoms with Crippen LogP contribution in [0, 0.1) is 18.8 Å². The number of hydrogen-bond donors (Lipinski definition) is 2. The molecule has 1 amide bonds. The zero-order chi connectivity index (χ0) is 16.6. The first-order chi connectivity index (χ1) is 11.0. The summed E-state index contributed by atoms with van der Waals surface area (Å²) in [6, 6.07) is 6.15. The Morgan fingerprint density at radius 2 is 2.13 bits per heavy atom. The van der Waals surface area contributed by atoms with Crippen LogP contribution in [0.1, 0.15) is 24.5 Å². The van der Waals surface area contributed by atoms with E-state index in [9.17, 15) is 9.59 Å². The number of carboxylic acid groups (broad SMARTS) is 1. The number of fused-ring (bicyclic) bond motifs is 1. The van der Waals surface area contributed by atoms with Gasteiger partial charge in [0.2, 0.25) is 5.91 Å². The molecule has 0 saturated carbocycles. The summed E-state index contributed by atoms with van der Waals surface area (Å²) in [5.41, 5.74) is 3.45. The number of para-hydroxylation sites is 1. The zero-order valence-corrected chi connectivity index (χ0v) is 13.5. The highest BCUT2D eigenvalue weighted by Gasteiger charge is 2.36. The number of H-pyrrole nitrogens is 1. The number of likely N-dealkylation sites (tertiary alicyclic amines) is 1. The van der Waals surface area contributed by atoms with Gasteiger partial charge >= 0.3 is 5.97 Å². The number of aromatic nitrogens is 1. The molecule has 1 aromatic heterocycles. The normalized spacial score (nSPS) is 21.0. The van der Waals surface area contributed by atoms with Crippen LogP contribution < -0.4 is 0 Å². The van der Waals surface area contributed by atoms with Crippen LogP contribution in [-0.4, -0.2) is 40.0 Å². The average molecular weight is 314 g/mol. The third-order valence-corrected chi connectivity index (χ3v) is 4.90. The number of amides is 1. The van der Waals surface area contributed by atoms with Gasteiger partial charge in [-0.1, -0.05) is 25.1 Å². The van der Waals surface area contributed by atoms with Crippen LogP contribution >= 0.6 is 0 Å². The number of aromatic amines is 1. The molecule has 2 N–H and O–H groups in total. The molecule has 3 rings (SSSR count). The van der Waals surface area contributed by atoms with E-state index in [1.54, 1.807) is 4.90 Å². The Balaban J connectivity index is 1.65. The summed E-state index contributed by atoms with van der Waals surface area (Å²) in [6.45, 7) is 4.84. The molecule has 0 radical (unpaired) electrons. The lowest BCUT2D eigenvalue weighted by Gasteiger charge is -2.15. The molecular weight excluding hydrogens is 292 g/mol. The lowest BCUT2D eigenvalue weighted by Crippen LogP contribution is -2.30. The molecule has 0 unspecified atom stereocenters. The van der Waals surface area contributed by atoms with Crippen LogP contribution in [0.2, 0.25) is 0 Å². The minimum absolute atomic E-state index is 0.0205. The fraction of sp³-hybridized carbons (Fsp3) is 0.444. The highest BCUT2D eigenvalue weighted by molar-refractivity contribution is 5.86. The Morgan fingerprint density at radius 1 is 1.35 bits per heavy atom. The number of aryl methyl sites for hydroxylation is 2. The molecule has 0 bridgehead atoms. The van der Waals surface area contributed by atoms with Crippen LogP contribution in [0.25, 0.3) is 10.9 Å². The minimum atomic E-state index is -0.806. The van der Waals surface area contributed by atoms with Crippen LogP contribution in [0.3, 0.4) is 0 Å². The van der Waals surface area contributed by atoms with Gasteiger partial charge in [-0.2, -0.15) is 0 Å². The molecule has 122 valence electrons. The molecule has 5 nitrogen and oxygen atoms in total. The van der Waals surface area contributed by atoms with Crippen molar-refractivity contribution in [1.29, 1.82) is 0 Å². The van der Waals surface area contributed by atoms with Crippen LogP contribution in [0.15, 0.2) is 24.4 Å². The van der Waals surface area contributed by atoms with Gasteiger partial charge in [-0.3, -0.25) is 9.59 Å². The van der Waals surface area contributed by atoms with E-state index in [2.05, 4.69) is 24.0 Å². The first kappa shape index (κ1) is 15.6. The van der Waals surface area contributed by atoms with E-state index in [-0.39, 0.29) is 11.8 Å². The SMILES string of the molecule is Cc1cccc2c(CCC(=O)N3C[C@@H](C)[C@H](C(=O)O)C3)c[nH]c12. The van der Waals surface area contributed by atoms with Gasteiger partial charge in [0.1, 0.15) is 0 Å². The molecule has 5 heteroatoms. The fourth-order valence-electron chi connectivity index (χ4n) is 3.46. The summed E-state index contributed by atoms with van der Waals surface area (Å²) in [4.78, 5) is 28.5. The number of rotatable bonds is 4. The topological polar surface area (TPSA) is 73.4 Å². The molecule has 1 aromatic carbocycles. The van der Waals surface area contributed by atoms with E-state index in [0.29, 0.717) is 25.9 Å². The van der Waals surface area contributed by atoms with Crippen LogP contribution in [-0.2, 0) is 16.0 Å². The molecule has 0 aliphatic carbocycles. The number of nitrogens with zero attached hydrogens (tertiary/aromatic N) is 1. The Morgan fingerprint density at radius 3 is 2.83 bits per heavy atom. The standard InChI is InChI=1S/C18H22N2O3/c1-11-4-3-5-14-13(8-19-17(11)14)6-7-16(21)20-9-12(2)15(10-20)18(22)23/h3-5,8,12,15,19H,6-7,9-10H2,1-2H3,(H,22,23)/t12-,15-/m1/s1. The summed E-state index contributed by atoms with van der Waals surface area (Å²) in [7, 11) is 0. The Bertz CT molecular complexity index is 750. The summed E-state index contributed by atoms with van der Waals surface area (Å²) >= 11 is 0. The zero-order valence-electron chi connectivity index (χ0n) is 13.5. The number of aliphatic carboxylic acids is 1. The highest BCUT2D eigenvalue weighted by Crippen LogP contribution is 2.25. The average Bonchev–Trinajstić information content (AvgIpc) is 3.09. The molecule has 1 saturated heterocycles. The third kappa shape index (κ3) is 2.96. The van der Waals surface area contributed by atoms with Crippen molar-refractivity contribution >= 4 is 22.8 Å². The number of carboxylic acids is 1. The molecule has 2 atom stereocenters. The maximum Gasteiger partial charge on any atom is 0.308 e. The monoisotopic (exact) mass is 314 g/mol. The smallest absolute Gasteiger partial charge is 0.308 e. The van der Waals surface area contributed by atoms with Crippen molar-refractivity contribution in [2.75, 3.05) is 13.1 Å². The number of carbonyl (C=O) groups excluding carboxylic acids is 1. The van der Waals surface area contributed by atoms with E-state index >= 15 is 0 Å². The molecule has 23 heavy (non-hydrogen) atoms. The maximum absolute atomic E-state index is 12.4. The lowest BCUT2D eigenvalue weighted by atomic mass is 9.99. The summed E-state index contributed by atoms with van der Waals surface area (Å²) in [5, 5.41) is 10.3. The van der Waals surface area contributed by atoms with Gasteiger partial charge in [0.05, 0.1) is 5.92 Å². The van der Waals surface area contributed by atoms with E-state index in [1.165, 1.54) is 5.56 Å². The predicted molar refractivity (Wildman–Crippen MR) is 88.2 cm³/mol. The van der Waals surface area contributed by atoms with Gasteiger partial charge < -0.3 is 15.0 Å². The quantitative estimate of drug-likeness (QED) is 0.911. The molecule has 2 aromatic rings. The largest absolute Gasteiger partial charge is 0.481 e. The van der Waals surface area contributed by atoms with Gasteiger partial charge in [-0.25, -0.2) is 0 Å². The van der Waals surface area contributed by atoms with Gasteiger partial charge in [-0.15, -0.1) is 0 Å². The maximum atomic E-state index is 12.4. The predicted octanol–water partition coefficient (Wildman–Crippen LogP) is 2.59. The number of carbonyl (C=O) groups is 2. The second-order valence-electron chi connectivity index (χ2n) is 6.53. The van der Waals surface area contributed by atoms with Crippen molar-refractivity contribution in [3.63, 3.8) is 0 Å². The van der Waals surface area contributed by atoms with Gasteiger partial charge in [0, 0.05) is 36.6 Å². The van der Waals surface area contributed by atoms with Crippen molar-refractivity contribution < 1.29 is 14.7 Å². The van der Waals surface area contributed by atoms with E-state index < -0.39 is 11.9 Å². The summed E-state index contributed by atoms with van der Waals surface area (Å²) in [6.07, 6.45) is 3.06. The van der Waals surface area contributed by atoms with E-state index in [1.807, 2.05) is 19.2 Å². The third-order valence-electron chi connectivity index (χ3n) is 4.90. The lowest BCUT2D eigenvalue weighted by molar-refractivity contribution is -0.142. The van der Waals surface area contributed by atoms with E-state index in [0.717, 1.165) is 16.5 Å². The Kier molecular flexibility index (Phi) is 4.11. The van der Waals surface area contributed by atoms with Crippen LogP contribution in [0.4, 0.5) is 0 Å². The van der Waals surface area contributed by atoms with Gasteiger partial charge in [-0.05, 0) is 30.4 Å². The van der Waals surface area contributed by atoms with Gasteiger partial charge in [0.15, 0.2) is 0 Å². The molecule has 1 aliphatic heterocycles. The molecular formula is C18H22N2O3. The Labute approximate surface area is 135 Å². The van der Waals surface area contributed by atoms with Gasteiger partial charge in [0.25, 0.3) is 0 Å². The Hall–Kier alpha value is -2.30. The molecule has 0 spiro atoms. The second-order valence-corrected chi connectivity index (χ2v) is 6.53. The summed E-state index contributed by atoms with van der Waals surface area (Å²) in [5.74, 6) is -1.18. The van der Waals surface area contributed by atoms with E-state index in [4.69, 9.17) is 5.11 Å². The summed E-state index contributed by atoms with van der Waals surface area (Å²) < 4.78 is 0. The number of hydrogen-bond acceptors (Lipinski definition) is 2. The van der Waals surface area contributed by atoms with Crippen molar-refractivity contribution in [2.24, 2.45) is 11.8 Å². The number of benzene rings is 1. The van der Waals surface area contributed by atoms with Crippen molar-refractivity contribution in [1.82, 2.24) is 9.88 Å².